The zero-order valence-corrected chi connectivity index (χ0v) is 9.02. The fourth-order valence-corrected chi connectivity index (χ4v) is 1.57. The lowest BCUT2D eigenvalue weighted by Crippen LogP contribution is -2.34. The molecule has 1 heterocycles. The predicted molar refractivity (Wildman–Crippen MR) is 51.2 cm³/mol. The van der Waals surface area contributed by atoms with Gasteiger partial charge in [0.05, 0.1) is 13.2 Å². The fraction of sp³-hybridized carbons (Fsp3) is 0.800. The van der Waals surface area contributed by atoms with Gasteiger partial charge in [0.15, 0.2) is 0 Å². The van der Waals surface area contributed by atoms with Crippen LogP contribution >= 0.6 is 0 Å². The zero-order valence-electron chi connectivity index (χ0n) is 9.02. The maximum Gasteiger partial charge on any atom is 0.303 e. The molecule has 0 amide bonds. The van der Waals surface area contributed by atoms with Crippen LogP contribution in [-0.2, 0) is 23.8 Å². The Morgan fingerprint density at radius 2 is 1.40 bits per heavy atom. The van der Waals surface area contributed by atoms with E-state index in [9.17, 15) is 9.59 Å². The van der Waals surface area contributed by atoms with E-state index in [2.05, 4.69) is 0 Å². The summed E-state index contributed by atoms with van der Waals surface area (Å²) in [6.45, 7) is 3.73. The Balaban J connectivity index is 2.58. The summed E-state index contributed by atoms with van der Waals surface area (Å²) in [5, 5.41) is 0. The van der Waals surface area contributed by atoms with Gasteiger partial charge in [-0.25, -0.2) is 0 Å². The van der Waals surface area contributed by atoms with E-state index in [1.807, 2.05) is 0 Å². The van der Waals surface area contributed by atoms with Crippen molar-refractivity contribution in [2.45, 2.75) is 38.9 Å². The second-order valence-corrected chi connectivity index (χ2v) is 3.49. The molecule has 0 aromatic rings. The number of carbonyl (C=O) groups excluding carboxylic acids is 2. The fourth-order valence-electron chi connectivity index (χ4n) is 1.57. The first kappa shape index (κ1) is 12.0. The summed E-state index contributed by atoms with van der Waals surface area (Å²) in [4.78, 5) is 21.7. The minimum Gasteiger partial charge on any atom is -0.459 e. The van der Waals surface area contributed by atoms with Gasteiger partial charge < -0.3 is 14.2 Å². The summed E-state index contributed by atoms with van der Waals surface area (Å²) in [7, 11) is 0. The number of hydrogen-bond acceptors (Lipinski definition) is 5. The van der Waals surface area contributed by atoms with Crippen molar-refractivity contribution in [2.75, 3.05) is 13.2 Å². The van der Waals surface area contributed by atoms with E-state index in [-0.39, 0.29) is 24.1 Å². The first-order valence-electron chi connectivity index (χ1n) is 5.02. The summed E-state index contributed by atoms with van der Waals surface area (Å²) in [6, 6.07) is 0. The van der Waals surface area contributed by atoms with Crippen LogP contribution in [0.2, 0.25) is 0 Å². The zero-order chi connectivity index (χ0) is 11.3. The van der Waals surface area contributed by atoms with Crippen molar-refractivity contribution in [1.82, 2.24) is 0 Å². The maximum absolute atomic E-state index is 10.9. The van der Waals surface area contributed by atoms with Crippen LogP contribution in [0.15, 0.2) is 0 Å². The molecule has 1 saturated heterocycles. The highest BCUT2D eigenvalue weighted by atomic mass is 16.6. The molecule has 0 aromatic carbocycles. The molecule has 0 aromatic heterocycles. The first-order chi connectivity index (χ1) is 7.09. The average molecular weight is 216 g/mol. The highest BCUT2D eigenvalue weighted by Gasteiger charge is 2.28. The number of esters is 2. The Hall–Kier alpha value is -1.10. The van der Waals surface area contributed by atoms with Crippen LogP contribution in [0.5, 0.6) is 0 Å². The molecular formula is C10H16O5. The summed E-state index contributed by atoms with van der Waals surface area (Å²) >= 11 is 0. The number of hydrogen-bond donors (Lipinski definition) is 0. The maximum atomic E-state index is 10.9. The van der Waals surface area contributed by atoms with E-state index in [4.69, 9.17) is 14.2 Å². The Morgan fingerprint density at radius 3 is 1.73 bits per heavy atom. The van der Waals surface area contributed by atoms with Crippen LogP contribution in [0.4, 0.5) is 0 Å². The molecule has 0 bridgehead atoms. The summed E-state index contributed by atoms with van der Waals surface area (Å²) < 4.78 is 15.4. The van der Waals surface area contributed by atoms with Gasteiger partial charge in [-0.05, 0) is 0 Å². The second kappa shape index (κ2) is 5.70. The van der Waals surface area contributed by atoms with Gasteiger partial charge >= 0.3 is 11.9 Å². The molecule has 0 N–H and O–H groups in total. The van der Waals surface area contributed by atoms with Gasteiger partial charge in [-0.15, -0.1) is 0 Å². The Bertz CT molecular complexity index is 214. The molecule has 5 heteroatoms. The summed E-state index contributed by atoms with van der Waals surface area (Å²) in [5.74, 6) is -0.724. The van der Waals surface area contributed by atoms with E-state index in [0.29, 0.717) is 26.1 Å². The van der Waals surface area contributed by atoms with Crippen LogP contribution in [0, 0.1) is 0 Å². The third-order valence-electron chi connectivity index (χ3n) is 2.14. The Labute approximate surface area is 88.7 Å². The molecule has 1 aliphatic rings. The highest BCUT2D eigenvalue weighted by Crippen LogP contribution is 2.16. The van der Waals surface area contributed by atoms with Crippen molar-refractivity contribution < 1.29 is 23.8 Å². The van der Waals surface area contributed by atoms with Crippen LogP contribution in [0.3, 0.4) is 0 Å². The lowest BCUT2D eigenvalue weighted by atomic mass is 10.1. The third-order valence-corrected chi connectivity index (χ3v) is 2.14. The predicted octanol–water partition coefficient (Wildman–Crippen LogP) is 0.660. The topological polar surface area (TPSA) is 61.8 Å². The van der Waals surface area contributed by atoms with E-state index in [0.717, 1.165) is 0 Å². The van der Waals surface area contributed by atoms with Gasteiger partial charge in [0.1, 0.15) is 12.2 Å². The van der Waals surface area contributed by atoms with Crippen molar-refractivity contribution in [1.29, 1.82) is 0 Å². The molecule has 0 radical (unpaired) electrons. The van der Waals surface area contributed by atoms with E-state index >= 15 is 0 Å². The molecule has 0 spiro atoms. The van der Waals surface area contributed by atoms with Crippen molar-refractivity contribution in [3.05, 3.63) is 0 Å². The van der Waals surface area contributed by atoms with E-state index in [1.54, 1.807) is 0 Å². The summed E-state index contributed by atoms with van der Waals surface area (Å²) in [6.07, 6.45) is 0.373. The largest absolute Gasteiger partial charge is 0.459 e. The number of carbonyl (C=O) groups is 2. The second-order valence-electron chi connectivity index (χ2n) is 3.49. The SMILES string of the molecule is CC(=O)O[C@@H]1CCOCC[C@H]1OC(C)=O. The third kappa shape index (κ3) is 4.29. The molecule has 15 heavy (non-hydrogen) atoms. The monoisotopic (exact) mass is 216 g/mol. The highest BCUT2D eigenvalue weighted by molar-refractivity contribution is 5.67. The Kier molecular flexibility index (Phi) is 4.55. The van der Waals surface area contributed by atoms with Crippen LogP contribution < -0.4 is 0 Å². The molecule has 0 aliphatic carbocycles. The number of ether oxygens (including phenoxy) is 3. The van der Waals surface area contributed by atoms with Gasteiger partial charge in [-0.1, -0.05) is 0 Å². The van der Waals surface area contributed by atoms with E-state index < -0.39 is 0 Å². The minimum absolute atomic E-state index is 0.362. The molecule has 1 rings (SSSR count). The smallest absolute Gasteiger partial charge is 0.303 e. The average Bonchev–Trinajstić information content (AvgIpc) is 2.30. The molecule has 2 atom stereocenters. The molecule has 0 saturated carbocycles. The standard InChI is InChI=1S/C10H16O5/c1-7(11)14-9-3-5-13-6-4-10(9)15-8(2)12/h9-10H,3-6H2,1-2H3/t9-,10-/m1/s1. The molecule has 1 fully saturated rings. The molecular weight excluding hydrogens is 200 g/mol. The van der Waals surface area contributed by atoms with Gasteiger partial charge in [0, 0.05) is 26.7 Å². The van der Waals surface area contributed by atoms with Crippen LogP contribution in [0.25, 0.3) is 0 Å². The van der Waals surface area contributed by atoms with Gasteiger partial charge in [-0.3, -0.25) is 9.59 Å². The van der Waals surface area contributed by atoms with Crippen molar-refractivity contribution in [2.24, 2.45) is 0 Å². The number of rotatable bonds is 2. The molecule has 86 valence electrons. The minimum atomic E-state index is -0.381. The molecule has 5 nitrogen and oxygen atoms in total. The molecule has 1 aliphatic heterocycles. The van der Waals surface area contributed by atoms with Crippen LogP contribution in [0.1, 0.15) is 26.7 Å². The first-order valence-corrected chi connectivity index (χ1v) is 5.02. The lowest BCUT2D eigenvalue weighted by Gasteiger charge is -2.23. The van der Waals surface area contributed by atoms with Crippen LogP contribution in [-0.4, -0.2) is 37.4 Å². The Morgan fingerprint density at radius 1 is 1.00 bits per heavy atom. The molecule has 0 unspecified atom stereocenters. The lowest BCUT2D eigenvalue weighted by molar-refractivity contribution is -0.165. The van der Waals surface area contributed by atoms with E-state index in [1.165, 1.54) is 13.8 Å². The quantitative estimate of drug-likeness (QED) is 0.634. The van der Waals surface area contributed by atoms with Crippen molar-refractivity contribution in [3.63, 3.8) is 0 Å². The van der Waals surface area contributed by atoms with Gasteiger partial charge in [0.2, 0.25) is 0 Å². The van der Waals surface area contributed by atoms with Gasteiger partial charge in [-0.2, -0.15) is 0 Å². The van der Waals surface area contributed by atoms with Crippen molar-refractivity contribution >= 4 is 11.9 Å². The van der Waals surface area contributed by atoms with Crippen molar-refractivity contribution in [3.8, 4) is 0 Å². The summed E-state index contributed by atoms with van der Waals surface area (Å²) in [5.41, 5.74) is 0. The van der Waals surface area contributed by atoms with Gasteiger partial charge in [0.25, 0.3) is 0 Å². The normalized spacial score (nSPS) is 26.5.